The molecule has 1 heterocycles. The minimum Gasteiger partial charge on any atom is -0.493 e. The average Bonchev–Trinajstić information content (AvgIpc) is 2.83. The van der Waals surface area contributed by atoms with Crippen LogP contribution in [0.4, 0.5) is 0 Å². The van der Waals surface area contributed by atoms with E-state index in [1.165, 1.54) is 0 Å². The maximum absolute atomic E-state index is 12.6. The monoisotopic (exact) mass is 440 g/mol. The predicted octanol–water partition coefficient (Wildman–Crippen LogP) is 3.00. The number of hydrogen-bond acceptors (Lipinski definition) is 5. The highest BCUT2D eigenvalue weighted by Crippen LogP contribution is 2.28. The molecule has 7 nitrogen and oxygen atoms in total. The number of nitrogens with zero attached hydrogens (tertiary/aromatic N) is 2. The van der Waals surface area contributed by atoms with Crippen LogP contribution in [0, 0.1) is 13.8 Å². The standard InChI is InChI=1S/C25H32N2O5/c1-18-6-5-7-21(19(18)2)32-17-25(29)27-14-12-26(13-15-27)24(28)11-9-20-8-10-22(30-3)23(16-20)31-4/h5-8,10,16H,9,11-15,17H2,1-4H3. The van der Waals surface area contributed by atoms with Crippen LogP contribution in [0.1, 0.15) is 23.1 Å². The summed E-state index contributed by atoms with van der Waals surface area (Å²) in [6, 6.07) is 11.5. The molecule has 1 fully saturated rings. The molecule has 0 saturated carbocycles. The largest absolute Gasteiger partial charge is 0.493 e. The SMILES string of the molecule is COc1ccc(CCC(=O)N2CCN(C(=O)COc3cccc(C)c3C)CC2)cc1OC. The number of amides is 2. The Morgan fingerprint density at radius 1 is 0.844 bits per heavy atom. The van der Waals surface area contributed by atoms with E-state index < -0.39 is 0 Å². The van der Waals surface area contributed by atoms with Crippen molar-refractivity contribution in [2.24, 2.45) is 0 Å². The maximum atomic E-state index is 12.6. The van der Waals surface area contributed by atoms with Gasteiger partial charge in [-0.1, -0.05) is 18.2 Å². The average molecular weight is 441 g/mol. The molecule has 1 saturated heterocycles. The lowest BCUT2D eigenvalue weighted by molar-refractivity contribution is -0.140. The number of rotatable bonds is 8. The number of aryl methyl sites for hydroxylation is 2. The van der Waals surface area contributed by atoms with Gasteiger partial charge in [0.1, 0.15) is 5.75 Å². The van der Waals surface area contributed by atoms with E-state index in [4.69, 9.17) is 14.2 Å². The minimum absolute atomic E-state index is 0.0115. The Morgan fingerprint density at radius 2 is 1.50 bits per heavy atom. The normalized spacial score (nSPS) is 13.6. The van der Waals surface area contributed by atoms with Crippen molar-refractivity contribution in [3.8, 4) is 17.2 Å². The van der Waals surface area contributed by atoms with E-state index in [-0.39, 0.29) is 18.4 Å². The minimum atomic E-state index is -0.0525. The van der Waals surface area contributed by atoms with Crippen molar-refractivity contribution < 1.29 is 23.8 Å². The van der Waals surface area contributed by atoms with Gasteiger partial charge in [-0.3, -0.25) is 9.59 Å². The van der Waals surface area contributed by atoms with E-state index in [0.717, 1.165) is 22.4 Å². The quantitative estimate of drug-likeness (QED) is 0.631. The van der Waals surface area contributed by atoms with Gasteiger partial charge in [0.15, 0.2) is 18.1 Å². The molecule has 7 heteroatoms. The molecule has 1 aliphatic heterocycles. The number of ether oxygens (including phenoxy) is 3. The molecule has 2 amide bonds. The molecule has 2 aromatic carbocycles. The lowest BCUT2D eigenvalue weighted by atomic mass is 10.1. The molecule has 0 bridgehead atoms. The smallest absolute Gasteiger partial charge is 0.260 e. The summed E-state index contributed by atoms with van der Waals surface area (Å²) in [6.45, 7) is 6.15. The van der Waals surface area contributed by atoms with Crippen molar-refractivity contribution in [1.29, 1.82) is 0 Å². The highest BCUT2D eigenvalue weighted by atomic mass is 16.5. The zero-order valence-electron chi connectivity index (χ0n) is 19.3. The fourth-order valence-electron chi connectivity index (χ4n) is 3.76. The molecule has 172 valence electrons. The summed E-state index contributed by atoms with van der Waals surface area (Å²) in [5, 5.41) is 0. The van der Waals surface area contributed by atoms with E-state index in [1.807, 2.05) is 55.1 Å². The van der Waals surface area contributed by atoms with E-state index >= 15 is 0 Å². The lowest BCUT2D eigenvalue weighted by Crippen LogP contribution is -2.51. The molecule has 3 rings (SSSR count). The topological polar surface area (TPSA) is 68.3 Å². The summed E-state index contributed by atoms with van der Waals surface area (Å²) in [6.07, 6.45) is 1.04. The number of methoxy groups -OCH3 is 2. The Bertz CT molecular complexity index is 951. The van der Waals surface area contributed by atoms with Crippen LogP contribution in [0.2, 0.25) is 0 Å². The van der Waals surface area contributed by atoms with Gasteiger partial charge in [-0.2, -0.15) is 0 Å². The first-order valence-corrected chi connectivity index (χ1v) is 10.9. The van der Waals surface area contributed by atoms with Crippen molar-refractivity contribution in [2.45, 2.75) is 26.7 Å². The van der Waals surface area contributed by atoms with Crippen LogP contribution in [0.3, 0.4) is 0 Å². The number of piperazine rings is 1. The summed E-state index contributed by atoms with van der Waals surface area (Å²) in [7, 11) is 3.20. The molecule has 0 aliphatic carbocycles. The highest BCUT2D eigenvalue weighted by molar-refractivity contribution is 5.79. The molecule has 2 aromatic rings. The van der Waals surface area contributed by atoms with Crippen molar-refractivity contribution >= 4 is 11.8 Å². The Hall–Kier alpha value is -3.22. The molecule has 0 spiro atoms. The first kappa shape index (κ1) is 23.4. The summed E-state index contributed by atoms with van der Waals surface area (Å²) < 4.78 is 16.3. The van der Waals surface area contributed by atoms with Crippen LogP contribution in [0.15, 0.2) is 36.4 Å². The van der Waals surface area contributed by atoms with Gasteiger partial charge in [-0.15, -0.1) is 0 Å². The Labute approximate surface area is 189 Å². The number of hydrogen-bond donors (Lipinski definition) is 0. The number of carbonyl (C=O) groups excluding carboxylic acids is 2. The zero-order valence-corrected chi connectivity index (χ0v) is 19.3. The van der Waals surface area contributed by atoms with Crippen LogP contribution >= 0.6 is 0 Å². The summed E-state index contributed by atoms with van der Waals surface area (Å²) in [5.41, 5.74) is 3.20. The Balaban J connectivity index is 1.44. The van der Waals surface area contributed by atoms with Crippen molar-refractivity contribution in [2.75, 3.05) is 47.0 Å². The second kappa shape index (κ2) is 10.9. The third-order valence-electron chi connectivity index (χ3n) is 5.97. The van der Waals surface area contributed by atoms with Gasteiger partial charge in [-0.25, -0.2) is 0 Å². The van der Waals surface area contributed by atoms with Crippen molar-refractivity contribution in [1.82, 2.24) is 9.80 Å². The van der Waals surface area contributed by atoms with Crippen LogP contribution in [-0.4, -0.2) is 68.6 Å². The third kappa shape index (κ3) is 5.72. The van der Waals surface area contributed by atoms with E-state index in [9.17, 15) is 9.59 Å². The molecule has 0 unspecified atom stereocenters. The predicted molar refractivity (Wildman–Crippen MR) is 122 cm³/mol. The number of carbonyl (C=O) groups is 2. The van der Waals surface area contributed by atoms with Crippen LogP contribution in [0.5, 0.6) is 17.2 Å². The Kier molecular flexibility index (Phi) is 7.98. The van der Waals surface area contributed by atoms with Gasteiger partial charge in [0, 0.05) is 32.6 Å². The molecule has 0 radical (unpaired) electrons. The first-order valence-electron chi connectivity index (χ1n) is 10.9. The van der Waals surface area contributed by atoms with Crippen molar-refractivity contribution in [3.05, 3.63) is 53.1 Å². The second-order valence-corrected chi connectivity index (χ2v) is 7.94. The molecule has 0 aromatic heterocycles. The fourth-order valence-corrected chi connectivity index (χ4v) is 3.76. The van der Waals surface area contributed by atoms with Gasteiger partial charge in [0.2, 0.25) is 5.91 Å². The number of benzene rings is 2. The summed E-state index contributed by atoms with van der Waals surface area (Å²) in [5.74, 6) is 2.11. The van der Waals surface area contributed by atoms with Gasteiger partial charge in [0.25, 0.3) is 5.91 Å². The van der Waals surface area contributed by atoms with Gasteiger partial charge >= 0.3 is 0 Å². The van der Waals surface area contributed by atoms with Gasteiger partial charge < -0.3 is 24.0 Å². The second-order valence-electron chi connectivity index (χ2n) is 7.94. The molecule has 0 atom stereocenters. The molecular weight excluding hydrogens is 408 g/mol. The zero-order chi connectivity index (χ0) is 23.1. The molecular formula is C25H32N2O5. The van der Waals surface area contributed by atoms with E-state index in [2.05, 4.69) is 0 Å². The molecule has 1 aliphatic rings. The third-order valence-corrected chi connectivity index (χ3v) is 5.97. The first-order chi connectivity index (χ1) is 15.4. The van der Waals surface area contributed by atoms with E-state index in [1.54, 1.807) is 19.1 Å². The van der Waals surface area contributed by atoms with Crippen LogP contribution < -0.4 is 14.2 Å². The lowest BCUT2D eigenvalue weighted by Gasteiger charge is -2.34. The van der Waals surface area contributed by atoms with Gasteiger partial charge in [0.05, 0.1) is 14.2 Å². The molecule has 0 N–H and O–H groups in total. The highest BCUT2D eigenvalue weighted by Gasteiger charge is 2.24. The Morgan fingerprint density at radius 3 is 2.16 bits per heavy atom. The van der Waals surface area contributed by atoms with Gasteiger partial charge in [-0.05, 0) is 55.2 Å². The summed E-state index contributed by atoms with van der Waals surface area (Å²) in [4.78, 5) is 28.8. The maximum Gasteiger partial charge on any atom is 0.260 e. The van der Waals surface area contributed by atoms with E-state index in [0.29, 0.717) is 50.5 Å². The fraction of sp³-hybridized carbons (Fsp3) is 0.440. The molecule has 32 heavy (non-hydrogen) atoms. The van der Waals surface area contributed by atoms with Crippen LogP contribution in [-0.2, 0) is 16.0 Å². The van der Waals surface area contributed by atoms with Crippen molar-refractivity contribution in [3.63, 3.8) is 0 Å². The van der Waals surface area contributed by atoms with Crippen LogP contribution in [0.25, 0.3) is 0 Å². The summed E-state index contributed by atoms with van der Waals surface area (Å²) >= 11 is 0.